The van der Waals surface area contributed by atoms with Gasteiger partial charge in [-0.1, -0.05) is 133 Å². The summed E-state index contributed by atoms with van der Waals surface area (Å²) in [5.41, 5.74) is 12.9. The minimum atomic E-state index is 0.494. The summed E-state index contributed by atoms with van der Waals surface area (Å²) in [4.78, 5) is 0. The Kier molecular flexibility index (Phi) is 7.17. The SMILES string of the molecule is c1ccc(-c2ccc(C3=NN=C(c4ccc(-c5ccc(-c6nnc(-c7ccc(-c8ccccc8)cc7)o6)cc5)cc4)C3)cc2)cc1. The minimum Gasteiger partial charge on any atom is -0.416 e. The van der Waals surface area contributed by atoms with Gasteiger partial charge in [-0.25, -0.2) is 0 Å². The van der Waals surface area contributed by atoms with Crippen LogP contribution in [0.3, 0.4) is 0 Å². The Bertz CT molecular complexity index is 2160. The molecular formula is C41H28N4O. The average Bonchev–Trinajstić information content (AvgIpc) is 3.84. The number of rotatable bonds is 7. The van der Waals surface area contributed by atoms with Crippen LogP contribution < -0.4 is 0 Å². The summed E-state index contributed by atoms with van der Waals surface area (Å²) in [5.74, 6) is 0.995. The first-order chi connectivity index (χ1) is 22.8. The average molecular weight is 593 g/mol. The van der Waals surface area contributed by atoms with E-state index in [1.54, 1.807) is 0 Å². The van der Waals surface area contributed by atoms with Crippen LogP contribution in [-0.4, -0.2) is 21.6 Å². The van der Waals surface area contributed by atoms with Crippen LogP contribution in [0.4, 0.5) is 0 Å². The van der Waals surface area contributed by atoms with Crippen LogP contribution in [0.25, 0.3) is 56.3 Å². The second-order valence-electron chi connectivity index (χ2n) is 11.2. The zero-order valence-electron chi connectivity index (χ0n) is 24.9. The fourth-order valence-corrected chi connectivity index (χ4v) is 5.71. The van der Waals surface area contributed by atoms with E-state index < -0.39 is 0 Å². The monoisotopic (exact) mass is 592 g/mol. The third kappa shape index (κ3) is 5.58. The van der Waals surface area contributed by atoms with Gasteiger partial charge in [-0.3, -0.25) is 0 Å². The van der Waals surface area contributed by atoms with Crippen molar-refractivity contribution in [1.82, 2.24) is 10.2 Å². The first kappa shape index (κ1) is 27.4. The van der Waals surface area contributed by atoms with Crippen molar-refractivity contribution >= 4 is 11.4 Å². The van der Waals surface area contributed by atoms with Crippen molar-refractivity contribution < 1.29 is 4.42 Å². The Hall–Kier alpha value is -6.20. The molecule has 0 saturated heterocycles. The van der Waals surface area contributed by atoms with E-state index in [1.165, 1.54) is 16.7 Å². The molecule has 8 rings (SSSR count). The molecule has 0 aliphatic carbocycles. The highest BCUT2D eigenvalue weighted by molar-refractivity contribution is 6.20. The molecule has 0 amide bonds. The van der Waals surface area contributed by atoms with Crippen LogP contribution in [-0.2, 0) is 0 Å². The van der Waals surface area contributed by atoms with Gasteiger partial charge in [0.15, 0.2) is 0 Å². The van der Waals surface area contributed by atoms with E-state index in [2.05, 4.69) is 130 Å². The van der Waals surface area contributed by atoms with Crippen LogP contribution in [0, 0.1) is 0 Å². The van der Waals surface area contributed by atoms with E-state index in [0.29, 0.717) is 18.2 Å². The molecule has 0 atom stereocenters. The van der Waals surface area contributed by atoms with E-state index in [-0.39, 0.29) is 0 Å². The van der Waals surface area contributed by atoms with Gasteiger partial charge in [0, 0.05) is 17.5 Å². The van der Waals surface area contributed by atoms with Crippen LogP contribution in [0.15, 0.2) is 172 Å². The summed E-state index contributed by atoms with van der Waals surface area (Å²) in [7, 11) is 0. The molecule has 0 unspecified atom stereocenters. The quantitative estimate of drug-likeness (QED) is 0.185. The summed E-state index contributed by atoms with van der Waals surface area (Å²) < 4.78 is 6.04. The summed E-state index contributed by atoms with van der Waals surface area (Å²) in [6.07, 6.45) is 0.710. The number of nitrogens with zero attached hydrogens (tertiary/aromatic N) is 4. The maximum atomic E-state index is 6.04. The fourth-order valence-electron chi connectivity index (χ4n) is 5.71. The van der Waals surface area contributed by atoms with Crippen molar-refractivity contribution in [2.45, 2.75) is 6.42 Å². The van der Waals surface area contributed by atoms with Crippen molar-refractivity contribution in [3.63, 3.8) is 0 Å². The minimum absolute atomic E-state index is 0.494. The molecule has 0 N–H and O–H groups in total. The molecule has 1 aliphatic heterocycles. The van der Waals surface area contributed by atoms with Crippen molar-refractivity contribution in [1.29, 1.82) is 0 Å². The molecule has 5 nitrogen and oxygen atoms in total. The number of benzene rings is 6. The van der Waals surface area contributed by atoms with E-state index in [0.717, 1.165) is 50.4 Å². The van der Waals surface area contributed by atoms with E-state index in [1.807, 2.05) is 48.5 Å². The third-order valence-electron chi connectivity index (χ3n) is 8.30. The predicted molar refractivity (Wildman–Crippen MR) is 186 cm³/mol. The largest absolute Gasteiger partial charge is 0.416 e. The molecule has 46 heavy (non-hydrogen) atoms. The van der Waals surface area contributed by atoms with Crippen molar-refractivity contribution in [2.24, 2.45) is 10.2 Å². The lowest BCUT2D eigenvalue weighted by atomic mass is 9.97. The zero-order valence-corrected chi connectivity index (χ0v) is 24.9. The van der Waals surface area contributed by atoms with E-state index in [9.17, 15) is 0 Å². The Balaban J connectivity index is 0.912. The second-order valence-corrected chi connectivity index (χ2v) is 11.2. The summed E-state index contributed by atoms with van der Waals surface area (Å²) in [5, 5.41) is 17.6. The third-order valence-corrected chi connectivity index (χ3v) is 8.30. The number of aromatic nitrogens is 2. The normalized spacial score (nSPS) is 12.5. The Morgan fingerprint density at radius 2 is 0.587 bits per heavy atom. The molecule has 1 aromatic heterocycles. The molecule has 218 valence electrons. The highest BCUT2D eigenvalue weighted by Gasteiger charge is 2.17. The smallest absolute Gasteiger partial charge is 0.248 e. The summed E-state index contributed by atoms with van der Waals surface area (Å²) in [6, 6.07) is 54.1. The van der Waals surface area contributed by atoms with E-state index in [4.69, 9.17) is 4.42 Å². The topological polar surface area (TPSA) is 63.6 Å². The number of hydrogen-bond donors (Lipinski definition) is 0. The lowest BCUT2D eigenvalue weighted by Gasteiger charge is -2.06. The first-order valence-corrected chi connectivity index (χ1v) is 15.3. The highest BCUT2D eigenvalue weighted by atomic mass is 16.4. The lowest BCUT2D eigenvalue weighted by molar-refractivity contribution is 0.584. The Labute approximate surface area is 267 Å². The first-order valence-electron chi connectivity index (χ1n) is 15.3. The van der Waals surface area contributed by atoms with Gasteiger partial charge < -0.3 is 4.42 Å². The molecule has 0 radical (unpaired) electrons. The van der Waals surface area contributed by atoms with Gasteiger partial charge in [0.2, 0.25) is 11.8 Å². The van der Waals surface area contributed by atoms with Crippen molar-refractivity contribution in [2.75, 3.05) is 0 Å². The van der Waals surface area contributed by atoms with Gasteiger partial charge in [-0.2, -0.15) is 10.2 Å². The van der Waals surface area contributed by atoms with Gasteiger partial charge in [0.05, 0.1) is 11.4 Å². The van der Waals surface area contributed by atoms with Gasteiger partial charge >= 0.3 is 0 Å². The highest BCUT2D eigenvalue weighted by Crippen LogP contribution is 2.29. The van der Waals surface area contributed by atoms with Crippen molar-refractivity contribution in [3.05, 3.63) is 169 Å². The lowest BCUT2D eigenvalue weighted by Crippen LogP contribution is -2.05. The maximum absolute atomic E-state index is 6.04. The molecule has 0 fully saturated rings. The molecule has 0 bridgehead atoms. The molecule has 2 heterocycles. The standard InChI is InChI=1S/C41H28N4O/c1-3-7-28(8-4-1)30-11-19-34(20-12-30)38-27-39(43-42-38)35-21-13-32(14-22-35)33-17-25-37(26-18-33)41-45-44-40(46-41)36-23-15-31(16-24-36)29-9-5-2-6-10-29/h1-26H,27H2. The Morgan fingerprint density at radius 3 is 0.935 bits per heavy atom. The molecule has 0 saturated carbocycles. The van der Waals surface area contributed by atoms with Crippen LogP contribution in [0.5, 0.6) is 0 Å². The molecule has 0 spiro atoms. The maximum Gasteiger partial charge on any atom is 0.248 e. The van der Waals surface area contributed by atoms with Crippen molar-refractivity contribution in [3.8, 4) is 56.3 Å². The Morgan fingerprint density at radius 1 is 0.304 bits per heavy atom. The molecule has 5 heteroatoms. The summed E-state index contributed by atoms with van der Waals surface area (Å²) in [6.45, 7) is 0. The second kappa shape index (κ2) is 12.1. The molecular weight excluding hydrogens is 564 g/mol. The van der Waals surface area contributed by atoms with Gasteiger partial charge in [-0.15, -0.1) is 10.2 Å². The molecule has 1 aliphatic rings. The molecule has 7 aromatic rings. The fraction of sp³-hybridized carbons (Fsp3) is 0.0244. The number of hydrogen-bond acceptors (Lipinski definition) is 5. The van der Waals surface area contributed by atoms with Gasteiger partial charge in [-0.05, 0) is 68.8 Å². The molecule has 6 aromatic carbocycles. The van der Waals surface area contributed by atoms with Crippen LogP contribution >= 0.6 is 0 Å². The van der Waals surface area contributed by atoms with E-state index >= 15 is 0 Å². The summed E-state index contributed by atoms with van der Waals surface area (Å²) >= 11 is 0. The zero-order chi connectivity index (χ0) is 30.7. The predicted octanol–water partition coefficient (Wildman–Crippen LogP) is 10.0. The van der Waals surface area contributed by atoms with Gasteiger partial charge in [0.1, 0.15) is 0 Å². The van der Waals surface area contributed by atoms with Gasteiger partial charge in [0.25, 0.3) is 0 Å². The van der Waals surface area contributed by atoms with Crippen LogP contribution in [0.2, 0.25) is 0 Å². The van der Waals surface area contributed by atoms with Crippen LogP contribution in [0.1, 0.15) is 17.5 Å².